The predicted molar refractivity (Wildman–Crippen MR) is 90.6 cm³/mol. The molecule has 1 aliphatic rings. The van der Waals surface area contributed by atoms with Crippen molar-refractivity contribution in [1.29, 1.82) is 0 Å². The third-order valence-corrected chi connectivity index (χ3v) is 4.96. The molecule has 3 rings (SSSR count). The number of hydrogen-bond acceptors (Lipinski definition) is 4. The SMILES string of the molecule is Cc1nsc(C)c1C(=O)NCc1ccc(N2CCCC2)cc1. The van der Waals surface area contributed by atoms with E-state index in [1.54, 1.807) is 0 Å². The molecule has 4 nitrogen and oxygen atoms in total. The highest BCUT2D eigenvalue weighted by molar-refractivity contribution is 7.06. The maximum Gasteiger partial charge on any atom is 0.254 e. The summed E-state index contributed by atoms with van der Waals surface area (Å²) in [6.45, 7) is 6.67. The van der Waals surface area contributed by atoms with Gasteiger partial charge in [-0.15, -0.1) is 0 Å². The molecule has 1 amide bonds. The van der Waals surface area contributed by atoms with Crippen LogP contribution < -0.4 is 10.2 Å². The van der Waals surface area contributed by atoms with Crippen molar-refractivity contribution in [3.8, 4) is 0 Å². The van der Waals surface area contributed by atoms with Crippen LogP contribution in [0.3, 0.4) is 0 Å². The number of aromatic nitrogens is 1. The van der Waals surface area contributed by atoms with E-state index in [9.17, 15) is 4.79 Å². The minimum absolute atomic E-state index is 0.0348. The first-order valence-electron chi connectivity index (χ1n) is 7.70. The minimum Gasteiger partial charge on any atom is -0.372 e. The molecule has 0 bridgehead atoms. The molecule has 0 spiro atoms. The monoisotopic (exact) mass is 315 g/mol. The number of rotatable bonds is 4. The molecule has 2 aromatic rings. The van der Waals surface area contributed by atoms with Crippen LogP contribution in [0.5, 0.6) is 0 Å². The third kappa shape index (κ3) is 3.14. The molecule has 0 aliphatic carbocycles. The van der Waals surface area contributed by atoms with Crippen molar-refractivity contribution in [3.63, 3.8) is 0 Å². The van der Waals surface area contributed by atoms with Crippen molar-refractivity contribution in [2.24, 2.45) is 0 Å². The van der Waals surface area contributed by atoms with E-state index in [2.05, 4.69) is 38.9 Å². The van der Waals surface area contributed by atoms with Gasteiger partial charge in [-0.2, -0.15) is 4.37 Å². The largest absolute Gasteiger partial charge is 0.372 e. The lowest BCUT2D eigenvalue weighted by Crippen LogP contribution is -2.24. The predicted octanol–water partition coefficient (Wildman–Crippen LogP) is 3.29. The van der Waals surface area contributed by atoms with Gasteiger partial charge < -0.3 is 10.2 Å². The van der Waals surface area contributed by atoms with Crippen molar-refractivity contribution in [2.45, 2.75) is 33.2 Å². The molecule has 1 aromatic heterocycles. The molecular formula is C17H21N3OS. The van der Waals surface area contributed by atoms with Crippen molar-refractivity contribution in [2.75, 3.05) is 18.0 Å². The topological polar surface area (TPSA) is 45.2 Å². The fourth-order valence-electron chi connectivity index (χ4n) is 2.88. The summed E-state index contributed by atoms with van der Waals surface area (Å²) in [6.07, 6.45) is 2.57. The molecule has 0 radical (unpaired) electrons. The molecule has 1 saturated heterocycles. The molecule has 0 unspecified atom stereocenters. The highest BCUT2D eigenvalue weighted by Gasteiger charge is 2.15. The maximum absolute atomic E-state index is 12.2. The Morgan fingerprint density at radius 1 is 1.23 bits per heavy atom. The van der Waals surface area contributed by atoms with Gasteiger partial charge >= 0.3 is 0 Å². The zero-order valence-electron chi connectivity index (χ0n) is 13.1. The first-order valence-corrected chi connectivity index (χ1v) is 8.47. The van der Waals surface area contributed by atoms with E-state index < -0.39 is 0 Å². The van der Waals surface area contributed by atoms with Gasteiger partial charge in [0.05, 0.1) is 11.3 Å². The van der Waals surface area contributed by atoms with Crippen LogP contribution in [0.1, 0.15) is 39.3 Å². The van der Waals surface area contributed by atoms with Crippen molar-refractivity contribution in [3.05, 3.63) is 46.0 Å². The zero-order chi connectivity index (χ0) is 15.5. The Balaban J connectivity index is 1.60. The van der Waals surface area contributed by atoms with Crippen molar-refractivity contribution >= 4 is 23.1 Å². The zero-order valence-corrected chi connectivity index (χ0v) is 13.9. The first kappa shape index (κ1) is 15.0. The number of aryl methyl sites for hydroxylation is 2. The second kappa shape index (κ2) is 6.48. The summed E-state index contributed by atoms with van der Waals surface area (Å²) in [5, 5.41) is 2.99. The van der Waals surface area contributed by atoms with Crippen molar-refractivity contribution in [1.82, 2.24) is 9.69 Å². The van der Waals surface area contributed by atoms with Crippen LogP contribution in [0.25, 0.3) is 0 Å². The summed E-state index contributed by atoms with van der Waals surface area (Å²) >= 11 is 1.38. The van der Waals surface area contributed by atoms with Crippen LogP contribution in [-0.4, -0.2) is 23.4 Å². The van der Waals surface area contributed by atoms with Gasteiger partial charge in [-0.1, -0.05) is 12.1 Å². The Hall–Kier alpha value is -1.88. The second-order valence-electron chi connectivity index (χ2n) is 5.74. The highest BCUT2D eigenvalue weighted by atomic mass is 32.1. The maximum atomic E-state index is 12.2. The van der Waals surface area contributed by atoms with E-state index in [-0.39, 0.29) is 5.91 Å². The van der Waals surface area contributed by atoms with Gasteiger partial charge in [0.25, 0.3) is 5.91 Å². The molecule has 1 aliphatic heterocycles. The molecule has 0 saturated carbocycles. The van der Waals surface area contributed by atoms with Gasteiger partial charge in [0.1, 0.15) is 0 Å². The fourth-order valence-corrected chi connectivity index (χ4v) is 3.57. The summed E-state index contributed by atoms with van der Waals surface area (Å²) in [5.41, 5.74) is 3.93. The van der Waals surface area contributed by atoms with E-state index in [0.29, 0.717) is 6.54 Å². The Morgan fingerprint density at radius 3 is 2.50 bits per heavy atom. The van der Waals surface area contributed by atoms with Gasteiger partial charge in [-0.25, -0.2) is 0 Å². The number of amides is 1. The van der Waals surface area contributed by atoms with Crippen LogP contribution in [0.4, 0.5) is 5.69 Å². The lowest BCUT2D eigenvalue weighted by molar-refractivity contribution is 0.0950. The quantitative estimate of drug-likeness (QED) is 0.941. The molecule has 1 aromatic carbocycles. The van der Waals surface area contributed by atoms with E-state index in [1.165, 1.54) is 30.1 Å². The van der Waals surface area contributed by atoms with E-state index in [4.69, 9.17) is 0 Å². The molecule has 116 valence electrons. The molecule has 1 fully saturated rings. The molecule has 5 heteroatoms. The van der Waals surface area contributed by atoms with E-state index in [1.807, 2.05) is 13.8 Å². The van der Waals surface area contributed by atoms with Gasteiger partial charge in [-0.3, -0.25) is 4.79 Å². The van der Waals surface area contributed by atoms with Gasteiger partial charge in [0.15, 0.2) is 0 Å². The summed E-state index contributed by atoms with van der Waals surface area (Å²) < 4.78 is 4.22. The third-order valence-electron chi connectivity index (χ3n) is 4.12. The Labute approximate surface area is 135 Å². The van der Waals surface area contributed by atoms with Crippen LogP contribution in [-0.2, 0) is 6.54 Å². The van der Waals surface area contributed by atoms with Crippen LogP contribution >= 0.6 is 11.5 Å². The van der Waals surface area contributed by atoms with Gasteiger partial charge in [0, 0.05) is 30.2 Å². The fraction of sp³-hybridized carbons (Fsp3) is 0.412. The number of nitrogens with zero attached hydrogens (tertiary/aromatic N) is 2. The van der Waals surface area contributed by atoms with E-state index >= 15 is 0 Å². The number of benzene rings is 1. The summed E-state index contributed by atoms with van der Waals surface area (Å²) in [6, 6.07) is 8.49. The molecule has 22 heavy (non-hydrogen) atoms. The van der Waals surface area contributed by atoms with Crippen LogP contribution in [0.15, 0.2) is 24.3 Å². The number of nitrogens with one attached hydrogen (secondary N) is 1. The Morgan fingerprint density at radius 2 is 1.91 bits per heavy atom. The second-order valence-corrected chi connectivity index (χ2v) is 6.72. The van der Waals surface area contributed by atoms with Crippen LogP contribution in [0, 0.1) is 13.8 Å². The first-order chi connectivity index (χ1) is 10.6. The number of anilines is 1. The standard InChI is InChI=1S/C17H21N3OS/c1-12-16(13(2)22-19-12)17(21)18-11-14-5-7-15(8-6-14)20-9-3-4-10-20/h5-8H,3-4,9-11H2,1-2H3,(H,18,21). The highest BCUT2D eigenvalue weighted by Crippen LogP contribution is 2.21. The molecule has 2 heterocycles. The lowest BCUT2D eigenvalue weighted by Gasteiger charge is -2.17. The van der Waals surface area contributed by atoms with E-state index in [0.717, 1.165) is 34.8 Å². The normalized spacial score (nSPS) is 14.4. The molecule has 1 N–H and O–H groups in total. The summed E-state index contributed by atoms with van der Waals surface area (Å²) in [7, 11) is 0. The van der Waals surface area contributed by atoms with Crippen LogP contribution in [0.2, 0.25) is 0 Å². The molecular weight excluding hydrogens is 294 g/mol. The smallest absolute Gasteiger partial charge is 0.254 e. The average Bonchev–Trinajstić information content (AvgIpc) is 3.16. The van der Waals surface area contributed by atoms with Crippen molar-refractivity contribution < 1.29 is 4.79 Å². The number of carbonyl (C=O) groups is 1. The summed E-state index contributed by atoms with van der Waals surface area (Å²) in [4.78, 5) is 15.6. The Kier molecular flexibility index (Phi) is 4.43. The van der Waals surface area contributed by atoms with Gasteiger partial charge in [-0.05, 0) is 55.9 Å². The Bertz CT molecular complexity index is 638. The number of hydrogen-bond donors (Lipinski definition) is 1. The minimum atomic E-state index is -0.0348. The average molecular weight is 315 g/mol. The summed E-state index contributed by atoms with van der Waals surface area (Å²) in [5.74, 6) is -0.0348. The van der Waals surface area contributed by atoms with Gasteiger partial charge in [0.2, 0.25) is 0 Å². The molecule has 0 atom stereocenters. The number of carbonyl (C=O) groups excluding carboxylic acids is 1. The lowest BCUT2D eigenvalue weighted by atomic mass is 10.1.